The fourth-order valence-electron chi connectivity index (χ4n) is 6.19. The molecule has 2 fully saturated rings. The highest BCUT2D eigenvalue weighted by molar-refractivity contribution is 6.33. The van der Waals surface area contributed by atoms with Gasteiger partial charge in [0.2, 0.25) is 5.91 Å². The standard InChI is InChI=1S/C32H36ClN3O2/c1-21-10-7-11-22(2)29(21)32(38)36-19-9-15-26(30(36)24-13-5-4-6-14-24)31(37)34-28-20-25(16-17-27(28)33)35-18-8-12-23(35)3/h4-7,10-11,13-14,16-17,20,23,26,30H,8-9,12,15,18-19H2,1-3H3,(H,34,37). The van der Waals surface area contributed by atoms with Crippen LogP contribution < -0.4 is 10.2 Å². The number of carbonyl (C=O) groups is 2. The predicted octanol–water partition coefficient (Wildman–Crippen LogP) is 7.18. The third-order valence-corrected chi connectivity index (χ3v) is 8.49. The second-order valence-corrected chi connectivity index (χ2v) is 11.1. The van der Waals surface area contributed by atoms with Crippen molar-refractivity contribution in [1.29, 1.82) is 0 Å². The molecule has 2 heterocycles. The van der Waals surface area contributed by atoms with Gasteiger partial charge in [0.05, 0.1) is 22.7 Å². The molecule has 2 saturated heterocycles. The minimum Gasteiger partial charge on any atom is -0.369 e. The number of nitrogens with zero attached hydrogens (tertiary/aromatic N) is 2. The number of hydrogen-bond donors (Lipinski definition) is 1. The van der Waals surface area contributed by atoms with Gasteiger partial charge in [0.1, 0.15) is 0 Å². The second kappa shape index (κ2) is 11.2. The molecule has 198 valence electrons. The van der Waals surface area contributed by atoms with Crippen molar-refractivity contribution >= 4 is 34.8 Å². The number of rotatable bonds is 5. The topological polar surface area (TPSA) is 52.7 Å². The zero-order chi connectivity index (χ0) is 26.8. The Labute approximate surface area is 230 Å². The van der Waals surface area contributed by atoms with Gasteiger partial charge in [-0.05, 0) is 81.3 Å². The molecule has 0 bridgehead atoms. The van der Waals surface area contributed by atoms with Gasteiger partial charge in [-0.2, -0.15) is 0 Å². The number of hydrogen-bond acceptors (Lipinski definition) is 3. The zero-order valence-corrected chi connectivity index (χ0v) is 23.2. The SMILES string of the molecule is Cc1cccc(C)c1C(=O)N1CCCC(C(=O)Nc2cc(N3CCCC3C)ccc2Cl)C1c1ccccc1. The highest BCUT2D eigenvalue weighted by atomic mass is 35.5. The summed E-state index contributed by atoms with van der Waals surface area (Å²) in [5, 5.41) is 3.66. The number of benzene rings is 3. The molecule has 3 aromatic carbocycles. The highest BCUT2D eigenvalue weighted by Gasteiger charge is 2.40. The maximum atomic E-state index is 14.0. The molecule has 2 aliphatic heterocycles. The largest absolute Gasteiger partial charge is 0.369 e. The third-order valence-electron chi connectivity index (χ3n) is 8.16. The summed E-state index contributed by atoms with van der Waals surface area (Å²) in [4.78, 5) is 32.2. The summed E-state index contributed by atoms with van der Waals surface area (Å²) < 4.78 is 0. The quantitative estimate of drug-likeness (QED) is 0.381. The molecule has 2 amide bonds. The molecule has 3 atom stereocenters. The molecule has 3 unspecified atom stereocenters. The molecule has 0 spiro atoms. The summed E-state index contributed by atoms with van der Waals surface area (Å²) >= 11 is 6.57. The monoisotopic (exact) mass is 529 g/mol. The molecule has 1 N–H and O–H groups in total. The van der Waals surface area contributed by atoms with E-state index in [2.05, 4.69) is 17.1 Å². The Morgan fingerprint density at radius 3 is 2.29 bits per heavy atom. The van der Waals surface area contributed by atoms with Gasteiger partial charge in [-0.25, -0.2) is 0 Å². The number of anilines is 2. The van der Waals surface area contributed by atoms with E-state index < -0.39 is 5.92 Å². The Morgan fingerprint density at radius 1 is 0.895 bits per heavy atom. The van der Waals surface area contributed by atoms with E-state index in [9.17, 15) is 9.59 Å². The Balaban J connectivity index is 1.47. The van der Waals surface area contributed by atoms with Crippen molar-refractivity contribution in [3.8, 4) is 0 Å². The van der Waals surface area contributed by atoms with E-state index in [4.69, 9.17) is 11.6 Å². The number of piperidine rings is 1. The van der Waals surface area contributed by atoms with Crippen molar-refractivity contribution in [3.05, 3.63) is 94.0 Å². The number of aryl methyl sites for hydroxylation is 2. The summed E-state index contributed by atoms with van der Waals surface area (Å²) in [5.74, 6) is -0.522. The average molecular weight is 530 g/mol. The molecule has 2 aliphatic rings. The Hall–Kier alpha value is -3.31. The van der Waals surface area contributed by atoms with E-state index in [0.29, 0.717) is 29.7 Å². The van der Waals surface area contributed by atoms with Gasteiger partial charge >= 0.3 is 0 Å². The summed E-state index contributed by atoms with van der Waals surface area (Å²) in [7, 11) is 0. The van der Waals surface area contributed by atoms with Gasteiger partial charge in [0.15, 0.2) is 0 Å². The molecule has 0 radical (unpaired) electrons. The maximum Gasteiger partial charge on any atom is 0.254 e. The Morgan fingerprint density at radius 2 is 1.61 bits per heavy atom. The lowest BCUT2D eigenvalue weighted by Gasteiger charge is -2.41. The van der Waals surface area contributed by atoms with E-state index in [1.807, 2.05) is 85.5 Å². The first-order chi connectivity index (χ1) is 18.3. The van der Waals surface area contributed by atoms with Gasteiger partial charge in [-0.3, -0.25) is 9.59 Å². The van der Waals surface area contributed by atoms with Crippen molar-refractivity contribution in [3.63, 3.8) is 0 Å². The Kier molecular flexibility index (Phi) is 7.75. The fourth-order valence-corrected chi connectivity index (χ4v) is 6.35. The van der Waals surface area contributed by atoms with Crippen LogP contribution in [0.1, 0.15) is 65.7 Å². The Bertz CT molecular complexity index is 1310. The number of carbonyl (C=O) groups excluding carboxylic acids is 2. The fraction of sp³-hybridized carbons (Fsp3) is 0.375. The van der Waals surface area contributed by atoms with Crippen LogP contribution in [0.15, 0.2) is 66.7 Å². The van der Waals surface area contributed by atoms with Gasteiger partial charge in [-0.1, -0.05) is 60.1 Å². The van der Waals surface area contributed by atoms with Gasteiger partial charge in [0.25, 0.3) is 5.91 Å². The van der Waals surface area contributed by atoms with E-state index in [1.54, 1.807) is 0 Å². The maximum absolute atomic E-state index is 14.0. The lowest BCUT2D eigenvalue weighted by Crippen LogP contribution is -2.46. The molecule has 6 heteroatoms. The molecular weight excluding hydrogens is 494 g/mol. The van der Waals surface area contributed by atoms with E-state index >= 15 is 0 Å². The lowest BCUT2D eigenvalue weighted by molar-refractivity contribution is -0.123. The molecular formula is C32H36ClN3O2. The van der Waals surface area contributed by atoms with Crippen LogP contribution in [0.3, 0.4) is 0 Å². The van der Waals surface area contributed by atoms with Crippen LogP contribution in [0.5, 0.6) is 0 Å². The first-order valence-electron chi connectivity index (χ1n) is 13.6. The molecule has 3 aromatic rings. The van der Waals surface area contributed by atoms with Crippen LogP contribution >= 0.6 is 11.6 Å². The average Bonchev–Trinajstić information content (AvgIpc) is 3.35. The lowest BCUT2D eigenvalue weighted by atomic mass is 9.83. The minimum atomic E-state index is -0.398. The van der Waals surface area contributed by atoms with Crippen LogP contribution in [-0.2, 0) is 4.79 Å². The van der Waals surface area contributed by atoms with Crippen molar-refractivity contribution in [2.24, 2.45) is 5.92 Å². The van der Waals surface area contributed by atoms with E-state index in [1.165, 1.54) is 0 Å². The van der Waals surface area contributed by atoms with Crippen LogP contribution in [0, 0.1) is 19.8 Å². The molecule has 0 aliphatic carbocycles. The van der Waals surface area contributed by atoms with Crippen molar-refractivity contribution in [2.45, 2.75) is 58.5 Å². The summed E-state index contributed by atoms with van der Waals surface area (Å²) in [6.45, 7) is 7.79. The molecule has 5 rings (SSSR count). The zero-order valence-electron chi connectivity index (χ0n) is 22.4. The van der Waals surface area contributed by atoms with Crippen molar-refractivity contribution in [1.82, 2.24) is 4.90 Å². The van der Waals surface area contributed by atoms with Gasteiger partial charge in [-0.15, -0.1) is 0 Å². The van der Waals surface area contributed by atoms with Gasteiger partial charge in [0, 0.05) is 30.4 Å². The molecule has 38 heavy (non-hydrogen) atoms. The van der Waals surface area contributed by atoms with E-state index in [-0.39, 0.29) is 17.9 Å². The first-order valence-corrected chi connectivity index (χ1v) is 14.0. The summed E-state index contributed by atoms with van der Waals surface area (Å²) in [6, 6.07) is 21.8. The van der Waals surface area contributed by atoms with Crippen LogP contribution in [0.4, 0.5) is 11.4 Å². The van der Waals surface area contributed by atoms with Crippen molar-refractivity contribution in [2.75, 3.05) is 23.3 Å². The van der Waals surface area contributed by atoms with Crippen molar-refractivity contribution < 1.29 is 9.59 Å². The molecule has 0 aromatic heterocycles. The van der Waals surface area contributed by atoms with Crippen LogP contribution in [-0.4, -0.2) is 35.8 Å². The first kappa shape index (κ1) is 26.3. The number of likely N-dealkylation sites (tertiary alicyclic amines) is 1. The molecule has 5 nitrogen and oxygen atoms in total. The third kappa shape index (κ3) is 5.17. The smallest absolute Gasteiger partial charge is 0.254 e. The molecule has 0 saturated carbocycles. The number of halogens is 1. The van der Waals surface area contributed by atoms with E-state index in [0.717, 1.165) is 53.7 Å². The second-order valence-electron chi connectivity index (χ2n) is 10.7. The number of amides is 2. The van der Waals surface area contributed by atoms with Crippen LogP contribution in [0.25, 0.3) is 0 Å². The number of nitrogens with one attached hydrogen (secondary N) is 1. The normalized spacial score (nSPS) is 21.4. The predicted molar refractivity (Wildman–Crippen MR) is 155 cm³/mol. The van der Waals surface area contributed by atoms with Crippen LogP contribution in [0.2, 0.25) is 5.02 Å². The minimum absolute atomic E-state index is 0.0185. The summed E-state index contributed by atoms with van der Waals surface area (Å²) in [6.07, 6.45) is 3.78. The van der Waals surface area contributed by atoms with Gasteiger partial charge < -0.3 is 15.1 Å². The highest BCUT2D eigenvalue weighted by Crippen LogP contribution is 2.39. The summed E-state index contributed by atoms with van der Waals surface area (Å²) in [5.41, 5.74) is 5.30.